The second kappa shape index (κ2) is 21.0. The van der Waals surface area contributed by atoms with Gasteiger partial charge in [0.25, 0.3) is 0 Å². The molecule has 0 aromatic carbocycles. The van der Waals surface area contributed by atoms with Gasteiger partial charge in [-0.3, -0.25) is 0 Å². The second-order valence-corrected chi connectivity index (χ2v) is 7.72. The van der Waals surface area contributed by atoms with E-state index in [9.17, 15) is 0 Å². The standard InChI is InChI=1S/C22H43N2.CH2O2/c1-3-4-5-6-7-8-9-10-11-12-13-14-15-16-17-18-19-24-21-20-23(2)22-24;2-1-3/h20-22H,3-19H2,1-2H3;1H,(H,2,3)/q+1;/p-1. The summed E-state index contributed by atoms with van der Waals surface area (Å²) in [5, 5.41) is 8.25. The van der Waals surface area contributed by atoms with E-state index in [1.807, 2.05) is 0 Å². The van der Waals surface area contributed by atoms with Crippen molar-refractivity contribution in [3.05, 3.63) is 18.7 Å². The number of nitrogens with zero attached hydrogens (tertiary/aromatic N) is 2. The Bertz CT molecular complexity index is 418. The van der Waals surface area contributed by atoms with Crippen LogP contribution in [0, 0.1) is 0 Å². The van der Waals surface area contributed by atoms with E-state index >= 15 is 0 Å². The molecular formula is C23H44N2O2. The number of aryl methyl sites for hydroxylation is 2. The molecule has 0 aliphatic rings. The largest absolute Gasteiger partial charge is 0.554 e. The maximum absolute atomic E-state index is 8.25. The van der Waals surface area contributed by atoms with Crippen molar-refractivity contribution in [1.29, 1.82) is 0 Å². The Morgan fingerprint density at radius 2 is 1.15 bits per heavy atom. The highest BCUT2D eigenvalue weighted by atomic mass is 16.3. The summed E-state index contributed by atoms with van der Waals surface area (Å²) >= 11 is 0. The van der Waals surface area contributed by atoms with Crippen molar-refractivity contribution in [2.75, 3.05) is 0 Å². The van der Waals surface area contributed by atoms with Crippen LogP contribution in [-0.4, -0.2) is 11.0 Å². The molecule has 0 N–H and O–H groups in total. The molecule has 0 radical (unpaired) electrons. The zero-order valence-corrected chi connectivity index (χ0v) is 18.0. The Balaban J connectivity index is 0.00000210. The number of carbonyl (C=O) groups excluding carboxylic acids is 1. The molecule has 0 aliphatic heterocycles. The van der Waals surface area contributed by atoms with E-state index in [2.05, 4.69) is 41.8 Å². The quantitative estimate of drug-likeness (QED) is 0.218. The molecule has 158 valence electrons. The molecule has 0 saturated heterocycles. The first-order chi connectivity index (χ1) is 13.2. The monoisotopic (exact) mass is 380 g/mol. The van der Waals surface area contributed by atoms with Gasteiger partial charge in [0, 0.05) is 6.47 Å². The Hall–Kier alpha value is -1.32. The van der Waals surface area contributed by atoms with Crippen molar-refractivity contribution >= 4 is 6.47 Å². The summed E-state index contributed by atoms with van der Waals surface area (Å²) in [6, 6.07) is 0. The van der Waals surface area contributed by atoms with Crippen LogP contribution in [0.2, 0.25) is 0 Å². The average Bonchev–Trinajstić information content (AvgIpc) is 3.07. The van der Waals surface area contributed by atoms with Gasteiger partial charge in [0.15, 0.2) is 0 Å². The SMILES string of the molecule is CCCCCCCCCCCCCCCCCC[n+]1ccn(C)c1.O=C[O-]. The number of unbranched alkanes of at least 4 members (excludes halogenated alkanes) is 15. The van der Waals surface area contributed by atoms with Crippen molar-refractivity contribution in [3.63, 3.8) is 0 Å². The first kappa shape index (κ1) is 25.7. The van der Waals surface area contributed by atoms with Gasteiger partial charge in [-0.15, -0.1) is 0 Å². The molecule has 0 amide bonds. The summed E-state index contributed by atoms with van der Waals surface area (Å²) in [4.78, 5) is 8.25. The van der Waals surface area contributed by atoms with Crippen LogP contribution in [0.5, 0.6) is 0 Å². The van der Waals surface area contributed by atoms with E-state index in [0.717, 1.165) is 0 Å². The topological polar surface area (TPSA) is 48.9 Å². The number of hydrogen-bond donors (Lipinski definition) is 0. The van der Waals surface area contributed by atoms with Crippen molar-refractivity contribution in [1.82, 2.24) is 4.57 Å². The van der Waals surface area contributed by atoms with Gasteiger partial charge < -0.3 is 9.90 Å². The Morgan fingerprint density at radius 1 is 0.778 bits per heavy atom. The van der Waals surface area contributed by atoms with Crippen molar-refractivity contribution < 1.29 is 14.5 Å². The number of carbonyl (C=O) groups is 1. The highest BCUT2D eigenvalue weighted by molar-refractivity contribution is 5.29. The van der Waals surface area contributed by atoms with Gasteiger partial charge in [-0.1, -0.05) is 96.8 Å². The third-order valence-electron chi connectivity index (χ3n) is 5.09. The van der Waals surface area contributed by atoms with Gasteiger partial charge in [-0.05, 0) is 12.8 Å². The van der Waals surface area contributed by atoms with E-state index in [-0.39, 0.29) is 0 Å². The first-order valence-corrected chi connectivity index (χ1v) is 11.3. The molecule has 1 aromatic heterocycles. The van der Waals surface area contributed by atoms with Gasteiger partial charge >= 0.3 is 0 Å². The Labute approximate surface area is 168 Å². The molecule has 0 fully saturated rings. The van der Waals surface area contributed by atoms with E-state index < -0.39 is 6.47 Å². The normalized spacial score (nSPS) is 10.4. The highest BCUT2D eigenvalue weighted by Crippen LogP contribution is 2.13. The molecule has 1 heterocycles. The summed E-state index contributed by atoms with van der Waals surface area (Å²) in [6.07, 6.45) is 29.5. The lowest BCUT2D eigenvalue weighted by molar-refractivity contribution is -0.696. The van der Waals surface area contributed by atoms with Gasteiger partial charge in [-0.25, -0.2) is 9.13 Å². The third kappa shape index (κ3) is 19.3. The lowest BCUT2D eigenvalue weighted by atomic mass is 10.0. The molecule has 4 heteroatoms. The average molecular weight is 381 g/mol. The third-order valence-corrected chi connectivity index (χ3v) is 5.09. The lowest BCUT2D eigenvalue weighted by Gasteiger charge is -2.03. The number of rotatable bonds is 17. The molecule has 1 aromatic rings. The summed E-state index contributed by atoms with van der Waals surface area (Å²) in [6.45, 7) is 2.98. The second-order valence-electron chi connectivity index (χ2n) is 7.72. The van der Waals surface area contributed by atoms with E-state index in [4.69, 9.17) is 9.90 Å². The fourth-order valence-electron chi connectivity index (χ4n) is 3.48. The van der Waals surface area contributed by atoms with Crippen molar-refractivity contribution in [3.8, 4) is 0 Å². The molecule has 0 atom stereocenters. The van der Waals surface area contributed by atoms with Crippen molar-refractivity contribution in [2.24, 2.45) is 7.05 Å². The minimum Gasteiger partial charge on any atom is -0.554 e. The molecule has 4 nitrogen and oxygen atoms in total. The predicted molar refractivity (Wildman–Crippen MR) is 111 cm³/mol. The number of carboxylic acid groups (broad SMARTS) is 1. The fourth-order valence-corrected chi connectivity index (χ4v) is 3.48. The van der Waals surface area contributed by atoms with Gasteiger partial charge in [0.2, 0.25) is 6.33 Å². The molecule has 27 heavy (non-hydrogen) atoms. The van der Waals surface area contributed by atoms with Crippen LogP contribution in [0.25, 0.3) is 0 Å². The van der Waals surface area contributed by atoms with Crippen LogP contribution < -0.4 is 9.67 Å². The van der Waals surface area contributed by atoms with E-state index in [0.29, 0.717) is 0 Å². The summed E-state index contributed by atoms with van der Waals surface area (Å²) in [5.41, 5.74) is 0. The minimum absolute atomic E-state index is 0.500. The molecule has 0 saturated carbocycles. The molecule has 1 rings (SSSR count). The van der Waals surface area contributed by atoms with Gasteiger partial charge in [0.05, 0.1) is 13.6 Å². The van der Waals surface area contributed by atoms with Crippen LogP contribution in [0.3, 0.4) is 0 Å². The summed E-state index contributed by atoms with van der Waals surface area (Å²) in [7, 11) is 2.09. The zero-order valence-electron chi connectivity index (χ0n) is 18.0. The number of hydrogen-bond acceptors (Lipinski definition) is 2. The molecular weight excluding hydrogens is 336 g/mol. The fraction of sp³-hybridized carbons (Fsp3) is 0.826. The van der Waals surface area contributed by atoms with Crippen LogP contribution in [0.15, 0.2) is 18.7 Å². The maximum Gasteiger partial charge on any atom is 0.243 e. The number of imidazole rings is 1. The van der Waals surface area contributed by atoms with E-state index in [1.54, 1.807) is 0 Å². The van der Waals surface area contributed by atoms with Crippen molar-refractivity contribution in [2.45, 2.75) is 116 Å². The molecule has 0 spiro atoms. The van der Waals surface area contributed by atoms with Crippen LogP contribution >= 0.6 is 0 Å². The number of aromatic nitrogens is 2. The Morgan fingerprint density at radius 3 is 1.48 bits per heavy atom. The van der Waals surface area contributed by atoms with Gasteiger partial charge in [-0.2, -0.15) is 0 Å². The van der Waals surface area contributed by atoms with E-state index in [1.165, 1.54) is 109 Å². The molecule has 0 aliphatic carbocycles. The summed E-state index contributed by atoms with van der Waals surface area (Å²) in [5.74, 6) is 0. The summed E-state index contributed by atoms with van der Waals surface area (Å²) < 4.78 is 4.41. The minimum atomic E-state index is -0.500. The Kier molecular flexibility index (Phi) is 20.0. The first-order valence-electron chi connectivity index (χ1n) is 11.3. The molecule has 0 unspecified atom stereocenters. The van der Waals surface area contributed by atoms with Crippen LogP contribution in [0.1, 0.15) is 110 Å². The highest BCUT2D eigenvalue weighted by Gasteiger charge is 1.99. The van der Waals surface area contributed by atoms with Crippen LogP contribution in [0.4, 0.5) is 0 Å². The zero-order chi connectivity index (χ0) is 20.0. The predicted octanol–water partition coefficient (Wildman–Crippen LogP) is 4.94. The van der Waals surface area contributed by atoms with Crippen LogP contribution in [-0.2, 0) is 18.4 Å². The van der Waals surface area contributed by atoms with Gasteiger partial charge in [0.1, 0.15) is 12.4 Å². The molecule has 0 bridgehead atoms. The lowest BCUT2D eigenvalue weighted by Crippen LogP contribution is -2.30. The maximum atomic E-state index is 8.25. The smallest absolute Gasteiger partial charge is 0.243 e.